The molecule has 0 heterocycles. The van der Waals surface area contributed by atoms with E-state index >= 15 is 0 Å². The van der Waals surface area contributed by atoms with Gasteiger partial charge in [-0.3, -0.25) is 10.1 Å². The van der Waals surface area contributed by atoms with Crippen LogP contribution in [0.4, 0.5) is 8.78 Å². The zero-order valence-corrected chi connectivity index (χ0v) is 9.72. The van der Waals surface area contributed by atoms with E-state index in [1.807, 2.05) is 0 Å². The van der Waals surface area contributed by atoms with Crippen molar-refractivity contribution < 1.29 is 23.2 Å². The average Bonchev–Trinajstić information content (AvgIpc) is 2.30. The van der Waals surface area contributed by atoms with Gasteiger partial charge in [-0.25, -0.2) is 0 Å². The first kappa shape index (κ1) is 13.9. The van der Waals surface area contributed by atoms with Crippen LogP contribution in [0.5, 0.6) is 11.5 Å². The molecule has 0 saturated heterocycles. The third-order valence-electron chi connectivity index (χ3n) is 2.09. The molecule has 0 atom stereocenters. The van der Waals surface area contributed by atoms with E-state index in [9.17, 15) is 18.9 Å². The molecule has 0 N–H and O–H groups in total. The summed E-state index contributed by atoms with van der Waals surface area (Å²) >= 11 is 0. The van der Waals surface area contributed by atoms with Crippen LogP contribution in [0.3, 0.4) is 0 Å². The molecule has 1 aromatic rings. The van der Waals surface area contributed by atoms with Gasteiger partial charge in [-0.1, -0.05) is 12.1 Å². The van der Waals surface area contributed by atoms with Crippen LogP contribution in [0, 0.1) is 10.1 Å². The zero-order chi connectivity index (χ0) is 13.7. The fourth-order valence-electron chi connectivity index (χ4n) is 1.30. The summed E-state index contributed by atoms with van der Waals surface area (Å²) in [5, 5.41) is 10.5. The number of nitro groups is 1. The Morgan fingerprint density at radius 1 is 1.50 bits per heavy atom. The summed E-state index contributed by atoms with van der Waals surface area (Å²) in [6, 6.07) is 4.38. The number of alkyl halides is 2. The van der Waals surface area contributed by atoms with Crippen molar-refractivity contribution in [1.29, 1.82) is 0 Å². The molecule has 0 aliphatic heterocycles. The molecule has 0 radical (unpaired) electrons. The van der Waals surface area contributed by atoms with Crippen molar-refractivity contribution in [1.82, 2.24) is 0 Å². The first-order valence-corrected chi connectivity index (χ1v) is 4.90. The number of hydrogen-bond donors (Lipinski definition) is 0. The molecular weight excluding hydrogens is 248 g/mol. The SMILES string of the molecule is COc1cccc(/C=C(/C)[N+](=O)[O-])c1OC(F)F. The second-order valence-corrected chi connectivity index (χ2v) is 3.30. The highest BCUT2D eigenvalue weighted by Crippen LogP contribution is 2.33. The lowest BCUT2D eigenvalue weighted by Gasteiger charge is -2.12. The molecule has 0 amide bonds. The molecule has 1 rings (SSSR count). The smallest absolute Gasteiger partial charge is 0.387 e. The molecule has 0 saturated carbocycles. The second kappa shape index (κ2) is 5.95. The van der Waals surface area contributed by atoms with Crippen molar-refractivity contribution in [2.24, 2.45) is 0 Å². The van der Waals surface area contributed by atoms with Crippen molar-refractivity contribution in [3.8, 4) is 11.5 Å². The maximum atomic E-state index is 12.3. The van der Waals surface area contributed by atoms with Gasteiger partial charge in [0.2, 0.25) is 5.70 Å². The van der Waals surface area contributed by atoms with E-state index in [0.717, 1.165) is 6.08 Å². The molecule has 0 bridgehead atoms. The summed E-state index contributed by atoms with van der Waals surface area (Å²) < 4.78 is 33.8. The summed E-state index contributed by atoms with van der Waals surface area (Å²) in [5.41, 5.74) is -0.0359. The van der Waals surface area contributed by atoms with Gasteiger partial charge < -0.3 is 9.47 Å². The molecule has 0 spiro atoms. The normalized spacial score (nSPS) is 11.5. The standard InChI is InChI=1S/C11H11F2NO4/c1-7(14(15)16)6-8-4-3-5-9(17-2)10(8)18-11(12)13/h3-6,11H,1-2H3/b7-6-. The summed E-state index contributed by atoms with van der Waals surface area (Å²) in [7, 11) is 1.29. The summed E-state index contributed by atoms with van der Waals surface area (Å²) in [4.78, 5) is 9.89. The van der Waals surface area contributed by atoms with E-state index in [1.165, 1.54) is 32.2 Å². The van der Waals surface area contributed by atoms with E-state index in [2.05, 4.69) is 4.74 Å². The van der Waals surface area contributed by atoms with Crippen molar-refractivity contribution in [2.45, 2.75) is 13.5 Å². The number of benzene rings is 1. The first-order valence-electron chi connectivity index (χ1n) is 4.90. The van der Waals surface area contributed by atoms with Crippen molar-refractivity contribution in [3.05, 3.63) is 39.6 Å². The van der Waals surface area contributed by atoms with Crippen LogP contribution >= 0.6 is 0 Å². The molecule has 18 heavy (non-hydrogen) atoms. The van der Waals surface area contributed by atoms with E-state index < -0.39 is 11.5 Å². The first-order chi connectivity index (χ1) is 8.45. The van der Waals surface area contributed by atoms with Crippen molar-refractivity contribution in [3.63, 3.8) is 0 Å². The summed E-state index contributed by atoms with van der Waals surface area (Å²) in [6.07, 6.45) is 1.14. The highest BCUT2D eigenvalue weighted by molar-refractivity contribution is 5.63. The highest BCUT2D eigenvalue weighted by atomic mass is 19.3. The maximum Gasteiger partial charge on any atom is 0.387 e. The van der Waals surface area contributed by atoms with Gasteiger partial charge in [0.15, 0.2) is 11.5 Å². The molecule has 1 aromatic carbocycles. The number of ether oxygens (including phenoxy) is 2. The summed E-state index contributed by atoms with van der Waals surface area (Å²) in [5.74, 6) is -0.142. The topological polar surface area (TPSA) is 61.6 Å². The number of allylic oxidation sites excluding steroid dienone is 1. The predicted octanol–water partition coefficient (Wildman–Crippen LogP) is 2.93. The van der Waals surface area contributed by atoms with Gasteiger partial charge in [-0.05, 0) is 6.07 Å². The van der Waals surface area contributed by atoms with Crippen LogP contribution in [0.2, 0.25) is 0 Å². The Bertz CT molecular complexity index is 474. The quantitative estimate of drug-likeness (QED) is 0.602. The minimum atomic E-state index is -3.04. The van der Waals surface area contributed by atoms with Gasteiger partial charge in [0.25, 0.3) is 0 Å². The molecule has 98 valence electrons. The minimum Gasteiger partial charge on any atom is -0.493 e. The number of methoxy groups -OCH3 is 1. The van der Waals surface area contributed by atoms with Crippen molar-refractivity contribution >= 4 is 6.08 Å². The van der Waals surface area contributed by atoms with Gasteiger partial charge >= 0.3 is 6.61 Å². The number of rotatable bonds is 5. The van der Waals surface area contributed by atoms with Crippen LogP contribution in [-0.4, -0.2) is 18.6 Å². The number of hydrogen-bond acceptors (Lipinski definition) is 4. The predicted molar refractivity (Wildman–Crippen MR) is 60.3 cm³/mol. The maximum absolute atomic E-state index is 12.3. The molecule has 0 aliphatic carbocycles. The highest BCUT2D eigenvalue weighted by Gasteiger charge is 2.15. The fourth-order valence-corrected chi connectivity index (χ4v) is 1.30. The van der Waals surface area contributed by atoms with E-state index in [-0.39, 0.29) is 22.8 Å². The molecule has 0 unspecified atom stereocenters. The van der Waals surface area contributed by atoms with Crippen molar-refractivity contribution in [2.75, 3.05) is 7.11 Å². The fraction of sp³-hybridized carbons (Fsp3) is 0.273. The monoisotopic (exact) mass is 259 g/mol. The lowest BCUT2D eigenvalue weighted by Crippen LogP contribution is -2.05. The molecular formula is C11H11F2NO4. The van der Waals surface area contributed by atoms with E-state index in [4.69, 9.17) is 4.74 Å². The van der Waals surface area contributed by atoms with Gasteiger partial charge in [0.05, 0.1) is 12.0 Å². The Morgan fingerprint density at radius 2 is 2.17 bits per heavy atom. The number of nitrogens with zero attached hydrogens (tertiary/aromatic N) is 1. The van der Waals surface area contributed by atoms with E-state index in [0.29, 0.717) is 0 Å². The van der Waals surface area contributed by atoms with Gasteiger partial charge in [0, 0.05) is 18.6 Å². The third-order valence-corrected chi connectivity index (χ3v) is 2.09. The van der Waals surface area contributed by atoms with Crippen LogP contribution < -0.4 is 9.47 Å². The molecule has 5 nitrogen and oxygen atoms in total. The minimum absolute atomic E-state index is 0.0835. The molecule has 0 aromatic heterocycles. The second-order valence-electron chi connectivity index (χ2n) is 3.30. The Balaban J connectivity index is 3.25. The number of halogens is 2. The van der Waals surface area contributed by atoms with Gasteiger partial charge in [-0.15, -0.1) is 0 Å². The zero-order valence-electron chi connectivity index (χ0n) is 9.72. The molecule has 0 fully saturated rings. The van der Waals surface area contributed by atoms with Gasteiger partial charge in [0.1, 0.15) is 0 Å². The lowest BCUT2D eigenvalue weighted by atomic mass is 10.1. The van der Waals surface area contributed by atoms with Crippen LogP contribution in [0.15, 0.2) is 23.9 Å². The van der Waals surface area contributed by atoms with Crippen LogP contribution in [0.1, 0.15) is 12.5 Å². The number of para-hydroxylation sites is 1. The summed E-state index contributed by atoms with van der Waals surface area (Å²) in [6.45, 7) is -1.78. The molecule has 0 aliphatic rings. The Hall–Kier alpha value is -2.18. The Labute approximate surface area is 102 Å². The molecule has 7 heteroatoms. The lowest BCUT2D eigenvalue weighted by molar-refractivity contribution is -0.422. The van der Waals surface area contributed by atoms with E-state index in [1.54, 1.807) is 0 Å². The third kappa shape index (κ3) is 3.41. The van der Waals surface area contributed by atoms with Crippen LogP contribution in [-0.2, 0) is 0 Å². The average molecular weight is 259 g/mol. The van der Waals surface area contributed by atoms with Gasteiger partial charge in [-0.2, -0.15) is 8.78 Å². The Morgan fingerprint density at radius 3 is 2.67 bits per heavy atom. The van der Waals surface area contributed by atoms with Crippen LogP contribution in [0.25, 0.3) is 6.08 Å². The Kier molecular flexibility index (Phi) is 4.59. The largest absolute Gasteiger partial charge is 0.493 e.